The van der Waals surface area contributed by atoms with Gasteiger partial charge in [-0.05, 0) is 12.3 Å². The van der Waals surface area contributed by atoms with Crippen molar-refractivity contribution in [3.8, 4) is 0 Å². The summed E-state index contributed by atoms with van der Waals surface area (Å²) in [6.07, 6.45) is 2.51. The molecule has 0 saturated heterocycles. The summed E-state index contributed by atoms with van der Waals surface area (Å²) in [5.74, 6) is 0.735. The van der Waals surface area contributed by atoms with Crippen LogP contribution in [-0.2, 0) is 0 Å². The lowest BCUT2D eigenvalue weighted by molar-refractivity contribution is 0.570. The van der Waals surface area contributed by atoms with Gasteiger partial charge in [0, 0.05) is 5.25 Å². The summed E-state index contributed by atoms with van der Waals surface area (Å²) in [6, 6.07) is 0. The van der Waals surface area contributed by atoms with Crippen LogP contribution < -0.4 is 0 Å². The Kier molecular flexibility index (Phi) is 4.44. The molecule has 8 heavy (non-hydrogen) atoms. The van der Waals surface area contributed by atoms with Crippen molar-refractivity contribution in [3.63, 3.8) is 0 Å². The average molecular weight is 132 g/mol. The van der Waals surface area contributed by atoms with Gasteiger partial charge in [0.1, 0.15) is 0 Å². The van der Waals surface area contributed by atoms with Gasteiger partial charge < -0.3 is 0 Å². The highest BCUT2D eigenvalue weighted by atomic mass is 32.1. The molecule has 0 aromatic heterocycles. The smallest absolute Gasteiger partial charge is 0.00397 e. The van der Waals surface area contributed by atoms with Crippen LogP contribution in [0.2, 0.25) is 0 Å². The van der Waals surface area contributed by atoms with Gasteiger partial charge in [0.2, 0.25) is 0 Å². The Morgan fingerprint density at radius 2 is 1.88 bits per heavy atom. The molecule has 0 nitrogen and oxygen atoms in total. The first kappa shape index (κ1) is 8.35. The third-order valence-electron chi connectivity index (χ3n) is 1.35. The van der Waals surface area contributed by atoms with Crippen molar-refractivity contribution >= 4 is 12.6 Å². The molecule has 0 bridgehead atoms. The second kappa shape index (κ2) is 4.25. The van der Waals surface area contributed by atoms with Crippen molar-refractivity contribution in [2.45, 2.75) is 38.9 Å². The van der Waals surface area contributed by atoms with E-state index in [0.717, 1.165) is 5.92 Å². The largest absolute Gasteiger partial charge is 0.176 e. The quantitative estimate of drug-likeness (QED) is 0.561. The van der Waals surface area contributed by atoms with Crippen LogP contribution in [0, 0.1) is 5.92 Å². The Bertz CT molecular complexity index is 50.3. The minimum Gasteiger partial charge on any atom is -0.176 e. The van der Waals surface area contributed by atoms with Gasteiger partial charge in [0.05, 0.1) is 0 Å². The number of rotatable bonds is 3. The zero-order chi connectivity index (χ0) is 6.57. The molecule has 0 aliphatic rings. The SMILES string of the molecule is CCCC(S)C(C)C. The number of hydrogen-bond donors (Lipinski definition) is 1. The monoisotopic (exact) mass is 132 g/mol. The molecule has 1 heteroatoms. The van der Waals surface area contributed by atoms with E-state index in [0.29, 0.717) is 5.25 Å². The Labute approximate surface area is 58.1 Å². The molecule has 0 aliphatic heterocycles. The fraction of sp³-hybridized carbons (Fsp3) is 1.00. The van der Waals surface area contributed by atoms with Crippen LogP contribution in [0.5, 0.6) is 0 Å². The minimum absolute atomic E-state index is 0.611. The second-order valence-corrected chi connectivity index (χ2v) is 3.26. The van der Waals surface area contributed by atoms with Crippen molar-refractivity contribution in [1.82, 2.24) is 0 Å². The van der Waals surface area contributed by atoms with Gasteiger partial charge in [-0.3, -0.25) is 0 Å². The minimum atomic E-state index is 0.611. The van der Waals surface area contributed by atoms with Crippen LogP contribution in [-0.4, -0.2) is 5.25 Å². The molecule has 0 amide bonds. The Morgan fingerprint density at radius 3 is 2.00 bits per heavy atom. The van der Waals surface area contributed by atoms with Crippen molar-refractivity contribution in [2.75, 3.05) is 0 Å². The van der Waals surface area contributed by atoms with Gasteiger partial charge in [-0.25, -0.2) is 0 Å². The average Bonchev–Trinajstić information content (AvgIpc) is 1.67. The van der Waals surface area contributed by atoms with Gasteiger partial charge in [-0.15, -0.1) is 0 Å². The van der Waals surface area contributed by atoms with Crippen LogP contribution in [0.25, 0.3) is 0 Å². The van der Waals surface area contributed by atoms with Gasteiger partial charge in [-0.2, -0.15) is 12.6 Å². The summed E-state index contributed by atoms with van der Waals surface area (Å²) in [4.78, 5) is 0. The van der Waals surface area contributed by atoms with E-state index in [1.165, 1.54) is 12.8 Å². The maximum Gasteiger partial charge on any atom is 0.00397 e. The maximum atomic E-state index is 4.40. The van der Waals surface area contributed by atoms with Crippen LogP contribution in [0.15, 0.2) is 0 Å². The maximum absolute atomic E-state index is 4.40. The van der Waals surface area contributed by atoms with Crippen LogP contribution in [0.4, 0.5) is 0 Å². The van der Waals surface area contributed by atoms with E-state index < -0.39 is 0 Å². The first-order valence-electron chi connectivity index (χ1n) is 3.36. The lowest BCUT2D eigenvalue weighted by atomic mass is 10.1. The number of hydrogen-bond acceptors (Lipinski definition) is 1. The van der Waals surface area contributed by atoms with Gasteiger partial charge in [0.25, 0.3) is 0 Å². The molecule has 0 aliphatic carbocycles. The van der Waals surface area contributed by atoms with E-state index in [1.807, 2.05) is 0 Å². The van der Waals surface area contributed by atoms with Crippen molar-refractivity contribution < 1.29 is 0 Å². The Morgan fingerprint density at radius 1 is 1.38 bits per heavy atom. The molecule has 0 spiro atoms. The third kappa shape index (κ3) is 3.36. The van der Waals surface area contributed by atoms with Gasteiger partial charge in [-0.1, -0.05) is 27.2 Å². The van der Waals surface area contributed by atoms with Gasteiger partial charge in [0.15, 0.2) is 0 Å². The highest BCUT2D eigenvalue weighted by Gasteiger charge is 2.04. The van der Waals surface area contributed by atoms with E-state index in [4.69, 9.17) is 0 Å². The summed E-state index contributed by atoms with van der Waals surface area (Å²) >= 11 is 4.40. The van der Waals surface area contributed by atoms with Gasteiger partial charge >= 0.3 is 0 Å². The van der Waals surface area contributed by atoms with E-state index in [1.54, 1.807) is 0 Å². The normalized spacial score (nSPS) is 14.6. The highest BCUT2D eigenvalue weighted by Crippen LogP contribution is 2.13. The summed E-state index contributed by atoms with van der Waals surface area (Å²) in [5.41, 5.74) is 0. The predicted octanol–water partition coefficient (Wildman–Crippen LogP) is 2.74. The predicted molar refractivity (Wildman–Crippen MR) is 42.5 cm³/mol. The standard InChI is InChI=1S/C7H16S/c1-4-5-7(8)6(2)3/h6-8H,4-5H2,1-3H3. The molecule has 0 heterocycles. The highest BCUT2D eigenvalue weighted by molar-refractivity contribution is 7.81. The number of thiol groups is 1. The van der Waals surface area contributed by atoms with E-state index in [2.05, 4.69) is 33.4 Å². The van der Waals surface area contributed by atoms with Crippen molar-refractivity contribution in [3.05, 3.63) is 0 Å². The van der Waals surface area contributed by atoms with E-state index >= 15 is 0 Å². The molecule has 0 aromatic carbocycles. The lowest BCUT2D eigenvalue weighted by Gasteiger charge is -2.11. The van der Waals surface area contributed by atoms with Crippen molar-refractivity contribution in [1.29, 1.82) is 0 Å². The molecule has 0 fully saturated rings. The summed E-state index contributed by atoms with van der Waals surface area (Å²) in [7, 11) is 0. The van der Waals surface area contributed by atoms with Crippen LogP contribution >= 0.6 is 12.6 Å². The molecule has 1 unspecified atom stereocenters. The molecule has 0 aromatic rings. The first-order chi connectivity index (χ1) is 3.68. The second-order valence-electron chi connectivity index (χ2n) is 2.60. The van der Waals surface area contributed by atoms with Crippen molar-refractivity contribution in [2.24, 2.45) is 5.92 Å². The van der Waals surface area contributed by atoms with Crippen LogP contribution in [0.1, 0.15) is 33.6 Å². The van der Waals surface area contributed by atoms with E-state index in [9.17, 15) is 0 Å². The first-order valence-corrected chi connectivity index (χ1v) is 3.88. The van der Waals surface area contributed by atoms with Crippen LogP contribution in [0.3, 0.4) is 0 Å². The Hall–Kier alpha value is 0.350. The molecule has 50 valence electrons. The summed E-state index contributed by atoms with van der Waals surface area (Å²) in [6.45, 7) is 6.63. The topological polar surface area (TPSA) is 0 Å². The Balaban J connectivity index is 3.17. The summed E-state index contributed by atoms with van der Waals surface area (Å²) in [5, 5.41) is 0.611. The molecular formula is C7H16S. The molecule has 0 N–H and O–H groups in total. The fourth-order valence-corrected chi connectivity index (χ4v) is 0.887. The zero-order valence-electron chi connectivity index (χ0n) is 6.02. The molecule has 1 atom stereocenters. The zero-order valence-corrected chi connectivity index (χ0v) is 6.91. The van der Waals surface area contributed by atoms with E-state index in [-0.39, 0.29) is 0 Å². The fourth-order valence-electron chi connectivity index (χ4n) is 0.629. The molecular weight excluding hydrogens is 116 g/mol. The lowest BCUT2D eigenvalue weighted by Crippen LogP contribution is -2.06. The molecule has 0 radical (unpaired) electrons. The molecule has 0 rings (SSSR count). The third-order valence-corrected chi connectivity index (χ3v) is 2.21. The molecule has 0 saturated carbocycles. The summed E-state index contributed by atoms with van der Waals surface area (Å²) < 4.78 is 0.